The molecule has 0 aromatic carbocycles. The van der Waals surface area contributed by atoms with Crippen molar-refractivity contribution in [2.75, 3.05) is 0 Å². The zero-order valence-electron chi connectivity index (χ0n) is 19.5. The average Bonchev–Trinajstić information content (AvgIpc) is 3.06. The van der Waals surface area contributed by atoms with E-state index in [1.165, 1.54) is 5.57 Å². The van der Waals surface area contributed by atoms with Gasteiger partial charge in [-0.25, -0.2) is 4.79 Å². The van der Waals surface area contributed by atoms with E-state index in [1.807, 2.05) is 13.0 Å². The van der Waals surface area contributed by atoms with Crippen molar-refractivity contribution in [2.24, 2.45) is 34.0 Å². The summed E-state index contributed by atoms with van der Waals surface area (Å²) in [6.07, 6.45) is 3.70. The maximum absolute atomic E-state index is 12.8. The molecule has 0 aromatic rings. The number of aliphatic hydroxyl groups is 1. The van der Waals surface area contributed by atoms with Gasteiger partial charge in [0, 0.05) is 17.3 Å². The molecule has 1 heterocycles. The van der Waals surface area contributed by atoms with Gasteiger partial charge in [0.15, 0.2) is 17.2 Å². The van der Waals surface area contributed by atoms with Crippen molar-refractivity contribution < 1.29 is 29.3 Å². The predicted molar refractivity (Wildman–Crippen MR) is 113 cm³/mol. The fraction of sp³-hybridized carbons (Fsp3) is 0.840. The topological polar surface area (TPSA) is 93.1 Å². The molecule has 6 heteroatoms. The van der Waals surface area contributed by atoms with Crippen LogP contribution in [0, 0.1) is 34.0 Å². The molecule has 0 aromatic heterocycles. The highest BCUT2D eigenvalue weighted by Crippen LogP contribution is 2.75. The van der Waals surface area contributed by atoms with Crippen molar-refractivity contribution in [3.63, 3.8) is 0 Å². The Morgan fingerprint density at radius 3 is 2.45 bits per heavy atom. The molecule has 1 saturated heterocycles. The highest BCUT2D eigenvalue weighted by molar-refractivity contribution is 5.92. The molecule has 4 fully saturated rings. The maximum Gasteiger partial charge on any atom is 0.339 e. The average molecular weight is 433 g/mol. The third-order valence-electron chi connectivity index (χ3n) is 10.5. The third-order valence-corrected chi connectivity index (χ3v) is 10.5. The quantitative estimate of drug-likeness (QED) is 0.656. The van der Waals surface area contributed by atoms with Gasteiger partial charge in [0.05, 0.1) is 6.10 Å². The van der Waals surface area contributed by atoms with Crippen molar-refractivity contribution in [1.29, 1.82) is 0 Å². The molecule has 172 valence electrons. The molecule has 1 aliphatic heterocycles. The first-order valence-electron chi connectivity index (χ1n) is 11.8. The van der Waals surface area contributed by atoms with Crippen molar-refractivity contribution in [2.45, 2.75) is 97.2 Å². The SMILES string of the molecule is CC1CC2C3CC4OC(C)(C)O[C@@]4(C(=O)O)[C@@]3(C)C[C@H](O)C2(C)[C@@]2(C)CCC(=O)C=C12. The van der Waals surface area contributed by atoms with Gasteiger partial charge in [-0.15, -0.1) is 0 Å². The molecule has 0 bridgehead atoms. The van der Waals surface area contributed by atoms with Crippen LogP contribution in [0.1, 0.15) is 73.6 Å². The Morgan fingerprint density at radius 2 is 1.81 bits per heavy atom. The summed E-state index contributed by atoms with van der Waals surface area (Å²) in [6.45, 7) is 12.1. The van der Waals surface area contributed by atoms with Crippen LogP contribution in [0.4, 0.5) is 0 Å². The van der Waals surface area contributed by atoms with E-state index in [1.54, 1.807) is 13.8 Å². The number of carbonyl (C=O) groups is 2. The van der Waals surface area contributed by atoms with Crippen LogP contribution in [0.3, 0.4) is 0 Å². The van der Waals surface area contributed by atoms with E-state index in [-0.39, 0.29) is 29.0 Å². The van der Waals surface area contributed by atoms with E-state index in [0.717, 1.165) is 12.8 Å². The summed E-state index contributed by atoms with van der Waals surface area (Å²) < 4.78 is 12.4. The van der Waals surface area contributed by atoms with Crippen LogP contribution in [-0.4, -0.2) is 45.6 Å². The summed E-state index contributed by atoms with van der Waals surface area (Å²) in [4.78, 5) is 25.0. The standard InChI is InChI=1S/C25H36O6/c1-13-9-17-16-11-19-25(20(28)29,31-21(2,3)30-19)23(16,5)12-18(27)24(17,6)22(4)8-7-14(26)10-15(13)22/h10,13,16-19,27H,7-9,11-12H2,1-6H3,(H,28,29)/t13?,16?,17?,18-,19?,22-,23-,24?,25-/m0/s1. The number of rotatable bonds is 1. The highest BCUT2D eigenvalue weighted by Gasteiger charge is 2.79. The van der Waals surface area contributed by atoms with Gasteiger partial charge in [-0.05, 0) is 68.8 Å². The molecule has 5 unspecified atom stereocenters. The number of carboxylic acids is 1. The first-order valence-corrected chi connectivity index (χ1v) is 11.8. The summed E-state index contributed by atoms with van der Waals surface area (Å²) in [7, 11) is 0. The van der Waals surface area contributed by atoms with E-state index in [9.17, 15) is 19.8 Å². The first-order chi connectivity index (χ1) is 14.2. The van der Waals surface area contributed by atoms with Crippen molar-refractivity contribution in [3.8, 4) is 0 Å². The maximum atomic E-state index is 12.8. The van der Waals surface area contributed by atoms with Crippen LogP contribution in [0.15, 0.2) is 11.6 Å². The zero-order chi connectivity index (χ0) is 22.8. The number of hydrogen-bond acceptors (Lipinski definition) is 5. The molecule has 0 radical (unpaired) electrons. The van der Waals surface area contributed by atoms with Crippen LogP contribution in [0.2, 0.25) is 0 Å². The molecule has 0 spiro atoms. The van der Waals surface area contributed by atoms with Crippen LogP contribution < -0.4 is 0 Å². The number of ether oxygens (including phenoxy) is 2. The lowest BCUT2D eigenvalue weighted by Crippen LogP contribution is -2.68. The smallest absolute Gasteiger partial charge is 0.339 e. The zero-order valence-corrected chi connectivity index (χ0v) is 19.5. The number of aliphatic carboxylic acids is 1. The second-order valence-corrected chi connectivity index (χ2v) is 12.1. The molecule has 31 heavy (non-hydrogen) atoms. The summed E-state index contributed by atoms with van der Waals surface area (Å²) >= 11 is 0. The largest absolute Gasteiger partial charge is 0.479 e. The molecular weight excluding hydrogens is 396 g/mol. The summed E-state index contributed by atoms with van der Waals surface area (Å²) in [6, 6.07) is 0. The number of carboxylic acid groups (broad SMARTS) is 1. The number of hydrogen-bond donors (Lipinski definition) is 2. The van der Waals surface area contributed by atoms with Crippen LogP contribution in [-0.2, 0) is 19.1 Å². The Morgan fingerprint density at radius 1 is 1.13 bits per heavy atom. The molecular formula is C25H36O6. The molecule has 5 aliphatic rings. The van der Waals surface area contributed by atoms with E-state index in [4.69, 9.17) is 9.47 Å². The number of carbonyl (C=O) groups excluding carboxylic acids is 1. The van der Waals surface area contributed by atoms with Crippen molar-refractivity contribution in [3.05, 3.63) is 11.6 Å². The lowest BCUT2D eigenvalue weighted by Gasteiger charge is -2.67. The number of fused-ring (bicyclic) bond motifs is 7. The molecule has 2 N–H and O–H groups in total. The van der Waals surface area contributed by atoms with Crippen LogP contribution in [0.25, 0.3) is 0 Å². The van der Waals surface area contributed by atoms with E-state index in [0.29, 0.717) is 19.3 Å². The van der Waals surface area contributed by atoms with Gasteiger partial charge in [-0.1, -0.05) is 33.3 Å². The normalized spacial score (nSPS) is 55.0. The predicted octanol–water partition coefficient (Wildman–Crippen LogP) is 3.71. The van der Waals surface area contributed by atoms with Gasteiger partial charge in [0.1, 0.15) is 6.10 Å². The summed E-state index contributed by atoms with van der Waals surface area (Å²) in [5, 5.41) is 22.2. The van der Waals surface area contributed by atoms with Gasteiger partial charge in [0.2, 0.25) is 0 Å². The lowest BCUT2D eigenvalue weighted by molar-refractivity contribution is -0.252. The Balaban J connectivity index is 1.65. The Labute approximate surface area is 184 Å². The second-order valence-electron chi connectivity index (χ2n) is 12.1. The number of aliphatic hydroxyl groups excluding tert-OH is 1. The molecule has 0 amide bonds. The molecule has 3 saturated carbocycles. The minimum Gasteiger partial charge on any atom is -0.479 e. The highest BCUT2D eigenvalue weighted by atomic mass is 16.8. The van der Waals surface area contributed by atoms with Gasteiger partial charge in [0.25, 0.3) is 0 Å². The Kier molecular flexibility index (Phi) is 4.18. The van der Waals surface area contributed by atoms with Crippen LogP contribution in [0.5, 0.6) is 0 Å². The molecule has 5 rings (SSSR count). The fourth-order valence-corrected chi connectivity index (χ4v) is 8.87. The van der Waals surface area contributed by atoms with Crippen molar-refractivity contribution in [1.82, 2.24) is 0 Å². The molecule has 6 nitrogen and oxygen atoms in total. The minimum absolute atomic E-state index is 0.0663. The fourth-order valence-electron chi connectivity index (χ4n) is 8.87. The van der Waals surface area contributed by atoms with Gasteiger partial charge < -0.3 is 19.7 Å². The van der Waals surface area contributed by atoms with Gasteiger partial charge in [-0.2, -0.15) is 0 Å². The summed E-state index contributed by atoms with van der Waals surface area (Å²) in [5.74, 6) is -1.35. The molecule has 9 atom stereocenters. The second kappa shape index (κ2) is 6.00. The van der Waals surface area contributed by atoms with Gasteiger partial charge in [-0.3, -0.25) is 4.79 Å². The molecule has 4 aliphatic carbocycles. The van der Waals surface area contributed by atoms with Crippen LogP contribution >= 0.6 is 0 Å². The number of ketones is 1. The minimum atomic E-state index is -1.45. The van der Waals surface area contributed by atoms with Gasteiger partial charge >= 0.3 is 5.97 Å². The lowest BCUT2D eigenvalue weighted by atomic mass is 9.38. The summed E-state index contributed by atoms with van der Waals surface area (Å²) in [5.41, 5.74) is -1.72. The monoisotopic (exact) mass is 432 g/mol. The van der Waals surface area contributed by atoms with E-state index >= 15 is 0 Å². The van der Waals surface area contributed by atoms with E-state index in [2.05, 4.69) is 20.8 Å². The Bertz CT molecular complexity index is 892. The van der Waals surface area contributed by atoms with Crippen molar-refractivity contribution >= 4 is 11.8 Å². The van der Waals surface area contributed by atoms with E-state index < -0.39 is 40.4 Å². The number of allylic oxidation sites excluding steroid dienone is 1. The Hall–Kier alpha value is -1.24. The first kappa shape index (κ1) is 21.6. The third kappa shape index (κ3) is 2.29.